The molecule has 2 nitrogen and oxygen atoms in total. The molecule has 1 aliphatic carbocycles. The largest absolute Gasteiger partial charge is 0.398 e. The van der Waals surface area contributed by atoms with Crippen LogP contribution in [0.2, 0.25) is 0 Å². The fraction of sp³-hybridized carbons (Fsp3) is 0.455. The maximum absolute atomic E-state index is 5.95. The van der Waals surface area contributed by atoms with Crippen LogP contribution in [-0.4, -0.2) is 6.54 Å². The number of fused-ring (bicyclic) bond motifs is 1. The minimum atomic E-state index is 0.487. The van der Waals surface area contributed by atoms with Crippen LogP contribution in [0.3, 0.4) is 0 Å². The molecule has 2 heteroatoms. The van der Waals surface area contributed by atoms with E-state index in [0.717, 1.165) is 18.7 Å². The van der Waals surface area contributed by atoms with Gasteiger partial charge in [0.25, 0.3) is 0 Å². The Balaban J connectivity index is 2.34. The summed E-state index contributed by atoms with van der Waals surface area (Å²) in [6, 6.07) is 6.71. The van der Waals surface area contributed by atoms with Crippen LogP contribution < -0.4 is 11.1 Å². The number of hydrogen-bond acceptors (Lipinski definition) is 2. The molecule has 0 amide bonds. The van der Waals surface area contributed by atoms with Crippen molar-refractivity contribution >= 4 is 5.69 Å². The molecule has 2 rings (SSSR count). The Hall–Kier alpha value is -1.02. The smallest absolute Gasteiger partial charge is 0.0365 e. The van der Waals surface area contributed by atoms with Gasteiger partial charge < -0.3 is 11.1 Å². The lowest BCUT2D eigenvalue weighted by molar-refractivity contribution is 0.550. The van der Waals surface area contributed by atoms with E-state index >= 15 is 0 Å². The van der Waals surface area contributed by atoms with E-state index in [-0.39, 0.29) is 0 Å². The Bertz CT molecular complexity index is 305. The molecule has 0 aromatic heterocycles. The van der Waals surface area contributed by atoms with Crippen LogP contribution in [0.25, 0.3) is 0 Å². The van der Waals surface area contributed by atoms with Crippen LogP contribution in [0.4, 0.5) is 5.69 Å². The molecule has 3 N–H and O–H groups in total. The number of aryl methyl sites for hydroxylation is 1. The minimum absolute atomic E-state index is 0.487. The maximum atomic E-state index is 5.95. The number of nitrogen functional groups attached to an aromatic ring is 1. The summed E-state index contributed by atoms with van der Waals surface area (Å²) in [6.07, 6.45) is 2.36. The lowest BCUT2D eigenvalue weighted by Crippen LogP contribution is -2.19. The summed E-state index contributed by atoms with van der Waals surface area (Å²) in [5, 5.41) is 3.46. The van der Waals surface area contributed by atoms with Gasteiger partial charge in [0, 0.05) is 11.7 Å². The van der Waals surface area contributed by atoms with Crippen molar-refractivity contribution in [2.24, 2.45) is 0 Å². The summed E-state index contributed by atoms with van der Waals surface area (Å²) in [5.74, 6) is 0. The van der Waals surface area contributed by atoms with Gasteiger partial charge in [0.2, 0.25) is 0 Å². The summed E-state index contributed by atoms with van der Waals surface area (Å²) in [7, 11) is 0. The molecule has 0 heterocycles. The lowest BCUT2D eigenvalue weighted by atomic mass is 10.1. The monoisotopic (exact) mass is 176 g/mol. The zero-order valence-electron chi connectivity index (χ0n) is 8.01. The van der Waals surface area contributed by atoms with Crippen LogP contribution in [0.15, 0.2) is 18.2 Å². The molecule has 0 bridgehead atoms. The molecule has 0 spiro atoms. The molecule has 1 aliphatic rings. The van der Waals surface area contributed by atoms with Gasteiger partial charge in [-0.1, -0.05) is 19.1 Å². The van der Waals surface area contributed by atoms with E-state index in [1.165, 1.54) is 17.5 Å². The second-order valence-electron chi connectivity index (χ2n) is 3.57. The number of anilines is 1. The fourth-order valence-corrected chi connectivity index (χ4v) is 2.17. The average molecular weight is 176 g/mol. The van der Waals surface area contributed by atoms with E-state index in [1.807, 2.05) is 12.1 Å². The second-order valence-corrected chi connectivity index (χ2v) is 3.57. The quantitative estimate of drug-likeness (QED) is 0.675. The van der Waals surface area contributed by atoms with Gasteiger partial charge >= 0.3 is 0 Å². The van der Waals surface area contributed by atoms with Crippen molar-refractivity contribution in [2.75, 3.05) is 12.3 Å². The van der Waals surface area contributed by atoms with Gasteiger partial charge in [0.05, 0.1) is 0 Å². The molecule has 0 saturated carbocycles. The Kier molecular flexibility index (Phi) is 2.23. The molecular formula is C11H16N2. The molecule has 1 aromatic carbocycles. The standard InChI is InChI=1S/C11H16N2/c1-2-13-10-7-6-8-4-3-5-9(12)11(8)10/h3-5,10,13H,2,6-7,12H2,1H3. The molecule has 1 unspecified atom stereocenters. The SMILES string of the molecule is CCNC1CCc2cccc(N)c21. The summed E-state index contributed by atoms with van der Waals surface area (Å²) in [5.41, 5.74) is 9.66. The number of nitrogens with two attached hydrogens (primary N) is 1. The van der Waals surface area contributed by atoms with E-state index < -0.39 is 0 Å². The topological polar surface area (TPSA) is 38.0 Å². The predicted molar refractivity (Wildman–Crippen MR) is 55.6 cm³/mol. The van der Waals surface area contributed by atoms with E-state index in [4.69, 9.17) is 5.73 Å². The summed E-state index contributed by atoms with van der Waals surface area (Å²) >= 11 is 0. The fourth-order valence-electron chi connectivity index (χ4n) is 2.17. The first-order valence-corrected chi connectivity index (χ1v) is 4.93. The van der Waals surface area contributed by atoms with E-state index in [9.17, 15) is 0 Å². The van der Waals surface area contributed by atoms with E-state index in [1.54, 1.807) is 0 Å². The molecule has 0 fully saturated rings. The Labute approximate surface area is 79.1 Å². The molecule has 0 aliphatic heterocycles. The number of hydrogen-bond donors (Lipinski definition) is 2. The van der Waals surface area contributed by atoms with Crippen LogP contribution in [0, 0.1) is 0 Å². The predicted octanol–water partition coefficient (Wildman–Crippen LogP) is 1.87. The Morgan fingerprint density at radius 3 is 3.15 bits per heavy atom. The first-order valence-electron chi connectivity index (χ1n) is 4.93. The highest BCUT2D eigenvalue weighted by molar-refractivity contribution is 5.54. The molecule has 70 valence electrons. The Morgan fingerprint density at radius 2 is 2.38 bits per heavy atom. The van der Waals surface area contributed by atoms with Crippen molar-refractivity contribution in [1.82, 2.24) is 5.32 Å². The van der Waals surface area contributed by atoms with Crippen molar-refractivity contribution in [3.8, 4) is 0 Å². The Morgan fingerprint density at radius 1 is 1.54 bits per heavy atom. The van der Waals surface area contributed by atoms with Crippen molar-refractivity contribution in [2.45, 2.75) is 25.8 Å². The number of rotatable bonds is 2. The van der Waals surface area contributed by atoms with E-state index in [2.05, 4.69) is 18.3 Å². The molecule has 0 radical (unpaired) electrons. The van der Waals surface area contributed by atoms with Gasteiger partial charge in [-0.25, -0.2) is 0 Å². The first-order chi connectivity index (χ1) is 6.33. The van der Waals surface area contributed by atoms with Gasteiger partial charge in [-0.05, 0) is 36.6 Å². The first kappa shape index (κ1) is 8.57. The zero-order chi connectivity index (χ0) is 9.26. The third kappa shape index (κ3) is 1.42. The third-order valence-electron chi connectivity index (χ3n) is 2.73. The van der Waals surface area contributed by atoms with Crippen LogP contribution in [-0.2, 0) is 6.42 Å². The van der Waals surface area contributed by atoms with Gasteiger partial charge in [-0.3, -0.25) is 0 Å². The maximum Gasteiger partial charge on any atom is 0.0365 e. The lowest BCUT2D eigenvalue weighted by Gasteiger charge is -2.14. The highest BCUT2D eigenvalue weighted by Crippen LogP contribution is 2.34. The highest BCUT2D eigenvalue weighted by Gasteiger charge is 2.22. The third-order valence-corrected chi connectivity index (χ3v) is 2.73. The molecule has 1 aromatic rings. The van der Waals surface area contributed by atoms with Gasteiger partial charge in [0.15, 0.2) is 0 Å². The average Bonchev–Trinajstić information content (AvgIpc) is 2.51. The summed E-state index contributed by atoms with van der Waals surface area (Å²) in [6.45, 7) is 3.15. The van der Waals surface area contributed by atoms with E-state index in [0.29, 0.717) is 6.04 Å². The minimum Gasteiger partial charge on any atom is -0.398 e. The molecule has 1 atom stereocenters. The number of benzene rings is 1. The zero-order valence-corrected chi connectivity index (χ0v) is 8.01. The van der Waals surface area contributed by atoms with Crippen molar-refractivity contribution < 1.29 is 0 Å². The van der Waals surface area contributed by atoms with Gasteiger partial charge in [-0.2, -0.15) is 0 Å². The van der Waals surface area contributed by atoms with Crippen LogP contribution in [0.1, 0.15) is 30.5 Å². The normalized spacial score (nSPS) is 20.2. The van der Waals surface area contributed by atoms with Crippen LogP contribution >= 0.6 is 0 Å². The number of nitrogens with one attached hydrogen (secondary N) is 1. The second kappa shape index (κ2) is 3.38. The van der Waals surface area contributed by atoms with Crippen molar-refractivity contribution in [3.05, 3.63) is 29.3 Å². The molecular weight excluding hydrogens is 160 g/mol. The highest BCUT2D eigenvalue weighted by atomic mass is 14.9. The van der Waals surface area contributed by atoms with Crippen molar-refractivity contribution in [3.63, 3.8) is 0 Å². The summed E-state index contributed by atoms with van der Waals surface area (Å²) < 4.78 is 0. The van der Waals surface area contributed by atoms with Gasteiger partial charge in [-0.15, -0.1) is 0 Å². The van der Waals surface area contributed by atoms with Crippen molar-refractivity contribution in [1.29, 1.82) is 0 Å². The van der Waals surface area contributed by atoms with Gasteiger partial charge in [0.1, 0.15) is 0 Å². The molecule has 0 saturated heterocycles. The summed E-state index contributed by atoms with van der Waals surface area (Å²) in [4.78, 5) is 0. The molecule has 13 heavy (non-hydrogen) atoms. The van der Waals surface area contributed by atoms with Crippen LogP contribution in [0.5, 0.6) is 0 Å².